The van der Waals surface area contributed by atoms with Crippen molar-refractivity contribution in [3.63, 3.8) is 0 Å². The number of rotatable bonds is 5. The average molecular weight is 261 g/mol. The van der Waals surface area contributed by atoms with E-state index in [2.05, 4.69) is 10.3 Å². The van der Waals surface area contributed by atoms with Crippen LogP contribution in [0.4, 0.5) is 17.2 Å². The van der Waals surface area contributed by atoms with Crippen LogP contribution < -0.4 is 15.8 Å². The van der Waals surface area contributed by atoms with Crippen LogP contribution in [0.25, 0.3) is 0 Å². The lowest BCUT2D eigenvalue weighted by atomic mass is 10.4. The minimum atomic E-state index is 0.530. The van der Waals surface area contributed by atoms with Crippen molar-refractivity contribution in [1.29, 1.82) is 0 Å². The summed E-state index contributed by atoms with van der Waals surface area (Å²) in [6.45, 7) is 0.721. The Kier molecular flexibility index (Phi) is 3.06. The normalized spacial score (nSPS) is 14.4. The summed E-state index contributed by atoms with van der Waals surface area (Å²) in [5.74, 6) is 1.98. The summed E-state index contributed by atoms with van der Waals surface area (Å²) in [5.41, 5.74) is 7.48. The van der Waals surface area contributed by atoms with Gasteiger partial charge in [-0.3, -0.25) is 0 Å². The molecule has 0 bridgehead atoms. The summed E-state index contributed by atoms with van der Waals surface area (Å²) in [6, 6.07) is 5.69. The van der Waals surface area contributed by atoms with Gasteiger partial charge in [-0.25, -0.2) is 0 Å². The summed E-state index contributed by atoms with van der Waals surface area (Å²) in [4.78, 5) is 4.39. The summed E-state index contributed by atoms with van der Waals surface area (Å²) in [6.07, 6.45) is 2.51. The number of thiophene rings is 1. The van der Waals surface area contributed by atoms with Crippen molar-refractivity contribution >= 4 is 28.5 Å². The second-order valence-corrected chi connectivity index (χ2v) is 5.26. The van der Waals surface area contributed by atoms with Crippen LogP contribution in [0, 0.1) is 5.92 Å². The first kappa shape index (κ1) is 11.3. The molecule has 0 aliphatic heterocycles. The molecule has 18 heavy (non-hydrogen) atoms. The Balaban J connectivity index is 1.72. The molecule has 0 aromatic carbocycles. The fraction of sp³-hybridized carbons (Fsp3) is 0.308. The molecule has 0 amide bonds. The van der Waals surface area contributed by atoms with E-state index in [1.54, 1.807) is 11.3 Å². The lowest BCUT2D eigenvalue weighted by molar-refractivity contribution is 0.290. The van der Waals surface area contributed by atoms with Crippen LogP contribution in [-0.2, 0) is 0 Å². The molecule has 94 valence electrons. The van der Waals surface area contributed by atoms with E-state index in [0.717, 1.165) is 18.1 Å². The third-order valence-corrected chi connectivity index (χ3v) is 3.52. The van der Waals surface area contributed by atoms with Gasteiger partial charge in [-0.15, -0.1) is 0 Å². The minimum absolute atomic E-state index is 0.530. The van der Waals surface area contributed by atoms with Gasteiger partial charge in [0.1, 0.15) is 5.82 Å². The third-order valence-electron chi connectivity index (χ3n) is 2.84. The highest BCUT2D eigenvalue weighted by molar-refractivity contribution is 7.08. The lowest BCUT2D eigenvalue weighted by Crippen LogP contribution is -2.05. The van der Waals surface area contributed by atoms with Gasteiger partial charge in [0, 0.05) is 5.38 Å². The number of ether oxygens (including phenoxy) is 1. The Morgan fingerprint density at radius 2 is 2.28 bits per heavy atom. The number of nitrogens with zero attached hydrogens (tertiary/aromatic N) is 1. The molecule has 2 aromatic rings. The molecule has 0 spiro atoms. The molecular formula is C13H15N3OS. The maximum Gasteiger partial charge on any atom is 0.239 e. The summed E-state index contributed by atoms with van der Waals surface area (Å²) < 4.78 is 5.65. The fourth-order valence-corrected chi connectivity index (χ4v) is 2.19. The predicted octanol–water partition coefficient (Wildman–Crippen LogP) is 3.26. The molecule has 3 N–H and O–H groups in total. The number of hydrogen-bond donors (Lipinski definition) is 2. The van der Waals surface area contributed by atoms with Gasteiger partial charge in [0.25, 0.3) is 0 Å². The van der Waals surface area contributed by atoms with E-state index in [1.807, 2.05) is 29.0 Å². The fourth-order valence-electron chi connectivity index (χ4n) is 1.60. The molecule has 2 aromatic heterocycles. The number of anilines is 3. The SMILES string of the molecule is Nc1ccc(Nc2ccsc2)nc1OCC1CC1. The van der Waals surface area contributed by atoms with E-state index in [1.165, 1.54) is 12.8 Å². The van der Waals surface area contributed by atoms with Crippen LogP contribution >= 0.6 is 11.3 Å². The van der Waals surface area contributed by atoms with Crippen molar-refractivity contribution in [2.24, 2.45) is 5.92 Å². The Labute approximate surface area is 110 Å². The van der Waals surface area contributed by atoms with Crippen molar-refractivity contribution in [3.05, 3.63) is 29.0 Å². The van der Waals surface area contributed by atoms with Gasteiger partial charge in [0.05, 0.1) is 18.0 Å². The third kappa shape index (κ3) is 2.73. The smallest absolute Gasteiger partial charge is 0.239 e. The first-order valence-electron chi connectivity index (χ1n) is 6.00. The van der Waals surface area contributed by atoms with Crippen LogP contribution in [0.2, 0.25) is 0 Å². The van der Waals surface area contributed by atoms with Gasteiger partial charge in [-0.05, 0) is 42.3 Å². The van der Waals surface area contributed by atoms with Crippen molar-refractivity contribution in [3.8, 4) is 5.88 Å². The van der Waals surface area contributed by atoms with Gasteiger partial charge in [0.2, 0.25) is 5.88 Å². The maximum atomic E-state index is 5.86. The quantitative estimate of drug-likeness (QED) is 0.867. The highest BCUT2D eigenvalue weighted by Crippen LogP contribution is 2.31. The standard InChI is InChI=1S/C13H15N3OS/c14-11-3-4-12(15-10-5-6-18-8-10)16-13(11)17-7-9-1-2-9/h3-6,8-9H,1-2,7,14H2,(H,15,16). The molecule has 1 aliphatic carbocycles. The number of nitrogen functional groups attached to an aromatic ring is 1. The number of aromatic nitrogens is 1. The molecule has 0 unspecified atom stereocenters. The van der Waals surface area contributed by atoms with Crippen molar-refractivity contribution < 1.29 is 4.74 Å². The summed E-state index contributed by atoms with van der Waals surface area (Å²) in [7, 11) is 0. The van der Waals surface area contributed by atoms with E-state index >= 15 is 0 Å². The van der Waals surface area contributed by atoms with Crippen molar-refractivity contribution in [2.75, 3.05) is 17.7 Å². The monoisotopic (exact) mass is 261 g/mol. The minimum Gasteiger partial charge on any atom is -0.476 e. The molecule has 0 atom stereocenters. The summed E-state index contributed by atoms with van der Waals surface area (Å²) in [5, 5.41) is 7.27. The van der Waals surface area contributed by atoms with E-state index in [0.29, 0.717) is 17.5 Å². The Morgan fingerprint density at radius 3 is 3.00 bits per heavy atom. The van der Waals surface area contributed by atoms with Crippen LogP contribution in [0.3, 0.4) is 0 Å². The molecule has 1 fully saturated rings. The molecule has 1 saturated carbocycles. The van der Waals surface area contributed by atoms with Gasteiger partial charge in [-0.2, -0.15) is 16.3 Å². The van der Waals surface area contributed by atoms with Crippen LogP contribution in [0.5, 0.6) is 5.88 Å². The first-order valence-corrected chi connectivity index (χ1v) is 6.94. The molecule has 4 nitrogen and oxygen atoms in total. The number of pyridine rings is 1. The topological polar surface area (TPSA) is 60.2 Å². The number of nitrogens with one attached hydrogen (secondary N) is 1. The molecule has 0 saturated heterocycles. The second-order valence-electron chi connectivity index (χ2n) is 4.48. The van der Waals surface area contributed by atoms with Gasteiger partial charge in [-0.1, -0.05) is 0 Å². The van der Waals surface area contributed by atoms with E-state index in [9.17, 15) is 0 Å². The van der Waals surface area contributed by atoms with Gasteiger partial charge in [0.15, 0.2) is 0 Å². The maximum absolute atomic E-state index is 5.86. The lowest BCUT2D eigenvalue weighted by Gasteiger charge is -2.09. The zero-order valence-corrected chi connectivity index (χ0v) is 10.7. The van der Waals surface area contributed by atoms with Crippen molar-refractivity contribution in [1.82, 2.24) is 4.98 Å². The predicted molar refractivity (Wildman–Crippen MR) is 74.5 cm³/mol. The zero-order chi connectivity index (χ0) is 12.4. The van der Waals surface area contributed by atoms with E-state index in [-0.39, 0.29) is 0 Å². The van der Waals surface area contributed by atoms with Gasteiger partial charge >= 0.3 is 0 Å². The molecular weight excluding hydrogens is 246 g/mol. The zero-order valence-electron chi connectivity index (χ0n) is 9.93. The van der Waals surface area contributed by atoms with Crippen LogP contribution in [-0.4, -0.2) is 11.6 Å². The summed E-state index contributed by atoms with van der Waals surface area (Å²) >= 11 is 1.64. The Bertz CT molecular complexity index is 523. The Hall–Kier alpha value is -1.75. The van der Waals surface area contributed by atoms with Crippen molar-refractivity contribution in [2.45, 2.75) is 12.8 Å². The second kappa shape index (κ2) is 4.86. The van der Waals surface area contributed by atoms with Crippen LogP contribution in [0.1, 0.15) is 12.8 Å². The highest BCUT2D eigenvalue weighted by atomic mass is 32.1. The number of hydrogen-bond acceptors (Lipinski definition) is 5. The molecule has 2 heterocycles. The van der Waals surface area contributed by atoms with E-state index < -0.39 is 0 Å². The molecule has 5 heteroatoms. The van der Waals surface area contributed by atoms with Gasteiger partial charge < -0.3 is 15.8 Å². The van der Waals surface area contributed by atoms with E-state index in [4.69, 9.17) is 10.5 Å². The molecule has 0 radical (unpaired) electrons. The largest absolute Gasteiger partial charge is 0.476 e. The molecule has 3 rings (SSSR count). The molecule has 1 aliphatic rings. The first-order chi connectivity index (χ1) is 8.81. The van der Waals surface area contributed by atoms with Crippen LogP contribution in [0.15, 0.2) is 29.0 Å². The Morgan fingerprint density at radius 1 is 1.39 bits per heavy atom. The number of nitrogens with two attached hydrogens (primary N) is 1. The highest BCUT2D eigenvalue weighted by Gasteiger charge is 2.22. The average Bonchev–Trinajstić information content (AvgIpc) is 3.07.